The van der Waals surface area contributed by atoms with Crippen molar-refractivity contribution in [2.45, 2.75) is 13.3 Å². The van der Waals surface area contributed by atoms with Crippen LogP contribution in [0.25, 0.3) is 11.3 Å². The number of ether oxygens (including phenoxy) is 1. The van der Waals surface area contributed by atoms with Crippen LogP contribution in [0.15, 0.2) is 53.1 Å². The summed E-state index contributed by atoms with van der Waals surface area (Å²) in [6.45, 7) is 1.91. The maximum Gasteiger partial charge on any atom is 0.189 e. The molecular weight excluding hydrogens is 306 g/mol. The Morgan fingerprint density at radius 2 is 2.04 bits per heavy atom. The number of methoxy groups -OCH3 is 1. The number of rotatable bonds is 5. The fourth-order valence-corrected chi connectivity index (χ4v) is 2.44. The third-order valence-corrected chi connectivity index (χ3v) is 3.74. The van der Waals surface area contributed by atoms with E-state index in [2.05, 4.69) is 5.16 Å². The van der Waals surface area contributed by atoms with Crippen molar-refractivity contribution in [3.63, 3.8) is 0 Å². The zero-order valence-corrected chi connectivity index (χ0v) is 13.4. The van der Waals surface area contributed by atoms with E-state index in [4.69, 9.17) is 9.26 Å². The van der Waals surface area contributed by atoms with Crippen LogP contribution >= 0.6 is 0 Å². The van der Waals surface area contributed by atoms with Gasteiger partial charge in [0, 0.05) is 23.6 Å². The predicted octanol–water partition coefficient (Wildman–Crippen LogP) is 3.79. The zero-order chi connectivity index (χ0) is 17.1. The Labute approximate surface area is 139 Å². The Kier molecular flexibility index (Phi) is 4.33. The molecule has 0 bridgehead atoms. The van der Waals surface area contributed by atoms with E-state index in [1.165, 1.54) is 0 Å². The van der Waals surface area contributed by atoms with Crippen LogP contribution in [0, 0.1) is 6.92 Å². The molecule has 122 valence electrons. The second-order valence-corrected chi connectivity index (χ2v) is 5.54. The summed E-state index contributed by atoms with van der Waals surface area (Å²) in [6.07, 6.45) is 0.0671. The van der Waals surface area contributed by atoms with Gasteiger partial charge >= 0.3 is 0 Å². The lowest BCUT2D eigenvalue weighted by Crippen LogP contribution is -2.04. The monoisotopic (exact) mass is 323 g/mol. The number of phenols is 1. The highest BCUT2D eigenvalue weighted by atomic mass is 16.5. The number of carbonyl (C=O) groups is 1. The molecule has 3 aromatic rings. The quantitative estimate of drug-likeness (QED) is 0.723. The zero-order valence-electron chi connectivity index (χ0n) is 13.4. The number of hydrogen-bond donors (Lipinski definition) is 1. The Morgan fingerprint density at radius 3 is 2.83 bits per heavy atom. The number of carbonyl (C=O) groups excluding carboxylic acids is 1. The molecule has 5 heteroatoms. The molecule has 2 aromatic carbocycles. The van der Waals surface area contributed by atoms with Crippen LogP contribution in [0.3, 0.4) is 0 Å². The Bertz CT molecular complexity index is 883. The molecule has 1 aromatic heterocycles. The van der Waals surface area contributed by atoms with Gasteiger partial charge in [0.1, 0.15) is 11.5 Å². The summed E-state index contributed by atoms with van der Waals surface area (Å²) in [4.78, 5) is 12.4. The van der Waals surface area contributed by atoms with Gasteiger partial charge in [-0.15, -0.1) is 0 Å². The fourth-order valence-electron chi connectivity index (χ4n) is 2.44. The highest BCUT2D eigenvalue weighted by Crippen LogP contribution is 2.25. The molecule has 0 aliphatic rings. The van der Waals surface area contributed by atoms with Gasteiger partial charge in [-0.3, -0.25) is 4.79 Å². The lowest BCUT2D eigenvalue weighted by Gasteiger charge is -2.03. The molecule has 0 saturated heterocycles. The van der Waals surface area contributed by atoms with E-state index in [0.29, 0.717) is 17.1 Å². The van der Waals surface area contributed by atoms with Crippen LogP contribution in [-0.4, -0.2) is 23.2 Å². The van der Waals surface area contributed by atoms with Gasteiger partial charge in [-0.25, -0.2) is 0 Å². The minimum absolute atomic E-state index is 0.0671. The Hall–Kier alpha value is -3.08. The van der Waals surface area contributed by atoms with Gasteiger partial charge in [0.2, 0.25) is 0 Å². The molecule has 0 unspecified atom stereocenters. The van der Waals surface area contributed by atoms with Gasteiger partial charge < -0.3 is 14.4 Å². The summed E-state index contributed by atoms with van der Waals surface area (Å²) >= 11 is 0. The maximum atomic E-state index is 12.4. The average molecular weight is 323 g/mol. The van der Waals surface area contributed by atoms with Crippen LogP contribution in [0.4, 0.5) is 0 Å². The number of ketones is 1. The first-order valence-corrected chi connectivity index (χ1v) is 7.49. The molecule has 3 rings (SSSR count). The van der Waals surface area contributed by atoms with Crippen molar-refractivity contribution >= 4 is 5.78 Å². The average Bonchev–Trinajstić information content (AvgIpc) is 3.08. The summed E-state index contributed by atoms with van der Waals surface area (Å²) < 4.78 is 10.5. The number of phenolic OH excluding ortho intramolecular Hbond substituents is 1. The van der Waals surface area contributed by atoms with Crippen molar-refractivity contribution in [2.24, 2.45) is 0 Å². The van der Waals surface area contributed by atoms with E-state index < -0.39 is 0 Å². The molecule has 0 fully saturated rings. The van der Waals surface area contributed by atoms with Gasteiger partial charge in [-0.05, 0) is 25.1 Å². The second-order valence-electron chi connectivity index (χ2n) is 5.54. The van der Waals surface area contributed by atoms with Crippen LogP contribution in [-0.2, 0) is 6.42 Å². The van der Waals surface area contributed by atoms with E-state index >= 15 is 0 Å². The topological polar surface area (TPSA) is 72.6 Å². The minimum Gasteiger partial charge on any atom is -0.508 e. The van der Waals surface area contributed by atoms with Crippen molar-refractivity contribution in [3.8, 4) is 22.8 Å². The molecule has 0 aliphatic heterocycles. The number of Topliss-reactive ketones (excluding diaryl/α,β-unsaturated/α-hetero) is 1. The molecule has 1 heterocycles. The van der Waals surface area contributed by atoms with Crippen LogP contribution in [0.2, 0.25) is 0 Å². The van der Waals surface area contributed by atoms with Gasteiger partial charge in [0.05, 0.1) is 7.11 Å². The predicted molar refractivity (Wildman–Crippen MR) is 89.4 cm³/mol. The van der Waals surface area contributed by atoms with E-state index in [1.807, 2.05) is 25.1 Å². The fraction of sp³-hybridized carbons (Fsp3) is 0.158. The molecule has 24 heavy (non-hydrogen) atoms. The number of hydrogen-bond acceptors (Lipinski definition) is 5. The number of nitrogens with zero attached hydrogens (tertiary/aromatic N) is 1. The molecular formula is C19H17NO4. The number of aromatic hydroxyl groups is 1. The third-order valence-electron chi connectivity index (χ3n) is 3.74. The van der Waals surface area contributed by atoms with Gasteiger partial charge in [-0.2, -0.15) is 0 Å². The molecule has 0 saturated carbocycles. The van der Waals surface area contributed by atoms with E-state index in [0.717, 1.165) is 11.1 Å². The molecule has 0 amide bonds. The largest absolute Gasteiger partial charge is 0.508 e. The third kappa shape index (κ3) is 3.30. The first-order chi connectivity index (χ1) is 11.6. The van der Waals surface area contributed by atoms with Crippen molar-refractivity contribution in [2.75, 3.05) is 7.11 Å². The van der Waals surface area contributed by atoms with Crippen molar-refractivity contribution in [3.05, 3.63) is 65.4 Å². The molecule has 0 spiro atoms. The molecule has 1 N–H and O–H groups in total. The lowest BCUT2D eigenvalue weighted by molar-refractivity contribution is 0.0983. The van der Waals surface area contributed by atoms with Crippen molar-refractivity contribution in [1.82, 2.24) is 5.16 Å². The smallest absolute Gasteiger partial charge is 0.189 e. The first-order valence-electron chi connectivity index (χ1n) is 7.49. The van der Waals surface area contributed by atoms with Crippen LogP contribution in [0.1, 0.15) is 21.6 Å². The Morgan fingerprint density at radius 1 is 1.21 bits per heavy atom. The molecule has 5 nitrogen and oxygen atoms in total. The summed E-state index contributed by atoms with van der Waals surface area (Å²) in [6, 6.07) is 14.1. The normalized spacial score (nSPS) is 10.6. The standard InChI is InChI=1S/C19H17NO4/c1-12-6-7-17(21)14(8-12)10-18(22)16-11-19(24-20-16)13-4-3-5-15(9-13)23-2/h3-9,11,21H,10H2,1-2H3. The molecule has 0 aliphatic carbocycles. The van der Waals surface area contributed by atoms with Gasteiger partial charge in [-0.1, -0.05) is 35.0 Å². The summed E-state index contributed by atoms with van der Waals surface area (Å²) in [5.41, 5.74) is 2.56. The van der Waals surface area contributed by atoms with Crippen LogP contribution in [0.5, 0.6) is 11.5 Å². The SMILES string of the molecule is COc1cccc(-c2cc(C(=O)Cc3cc(C)ccc3O)no2)c1. The van der Waals surface area contributed by atoms with Gasteiger partial charge in [0.25, 0.3) is 0 Å². The lowest BCUT2D eigenvalue weighted by atomic mass is 10.0. The van der Waals surface area contributed by atoms with Gasteiger partial charge in [0.15, 0.2) is 17.2 Å². The minimum atomic E-state index is -0.214. The van der Waals surface area contributed by atoms with E-state index in [-0.39, 0.29) is 23.6 Å². The molecule has 0 atom stereocenters. The number of benzene rings is 2. The first kappa shape index (κ1) is 15.8. The second kappa shape index (κ2) is 6.58. The molecule has 0 radical (unpaired) electrons. The van der Waals surface area contributed by atoms with Crippen molar-refractivity contribution in [1.29, 1.82) is 0 Å². The van der Waals surface area contributed by atoms with E-state index in [1.54, 1.807) is 37.4 Å². The van der Waals surface area contributed by atoms with E-state index in [9.17, 15) is 9.90 Å². The summed E-state index contributed by atoms with van der Waals surface area (Å²) in [5, 5.41) is 13.7. The number of aromatic nitrogens is 1. The summed E-state index contributed by atoms with van der Waals surface area (Å²) in [7, 11) is 1.59. The highest BCUT2D eigenvalue weighted by Gasteiger charge is 2.16. The Balaban J connectivity index is 1.82. The van der Waals surface area contributed by atoms with Crippen molar-refractivity contribution < 1.29 is 19.2 Å². The highest BCUT2D eigenvalue weighted by molar-refractivity contribution is 5.96. The summed E-state index contributed by atoms with van der Waals surface area (Å²) in [5.74, 6) is 1.08. The maximum absolute atomic E-state index is 12.4. The number of aryl methyl sites for hydroxylation is 1. The van der Waals surface area contributed by atoms with Crippen LogP contribution < -0.4 is 4.74 Å².